The minimum atomic E-state index is -0.190. The standard InChI is InChI=1S/C21H28N2O3/c1-4-11-23-12-8-16(9-13-23)20(24)22-10-14-25-18-7-5-6-17-15-21(2,3)26-19(17)18/h1,5-7,16H,8-15H2,2-3H3,(H,22,24). The van der Waals surface area contributed by atoms with Crippen LogP contribution in [0.3, 0.4) is 0 Å². The number of nitrogens with zero attached hydrogens (tertiary/aromatic N) is 1. The second kappa shape index (κ2) is 8.01. The molecule has 0 aliphatic carbocycles. The first-order valence-corrected chi connectivity index (χ1v) is 9.36. The summed E-state index contributed by atoms with van der Waals surface area (Å²) >= 11 is 0. The normalized spacial score (nSPS) is 19.3. The third kappa shape index (κ3) is 4.50. The van der Waals surface area contributed by atoms with Crippen molar-refractivity contribution < 1.29 is 14.3 Å². The van der Waals surface area contributed by atoms with E-state index in [1.54, 1.807) is 0 Å². The summed E-state index contributed by atoms with van der Waals surface area (Å²) in [5.41, 5.74) is 0.986. The van der Waals surface area contributed by atoms with Gasteiger partial charge >= 0.3 is 0 Å². The number of hydrogen-bond donors (Lipinski definition) is 1. The summed E-state index contributed by atoms with van der Waals surface area (Å²) in [6.45, 7) is 7.53. The average Bonchev–Trinajstić information content (AvgIpc) is 2.94. The van der Waals surface area contributed by atoms with Gasteiger partial charge in [0.1, 0.15) is 12.2 Å². The minimum Gasteiger partial charge on any atom is -0.488 e. The van der Waals surface area contributed by atoms with Gasteiger partial charge in [0.15, 0.2) is 11.5 Å². The first-order chi connectivity index (χ1) is 12.5. The van der Waals surface area contributed by atoms with Gasteiger partial charge in [-0.1, -0.05) is 18.1 Å². The van der Waals surface area contributed by atoms with E-state index in [1.165, 1.54) is 5.56 Å². The summed E-state index contributed by atoms with van der Waals surface area (Å²) in [5, 5.41) is 2.99. The van der Waals surface area contributed by atoms with Crippen molar-refractivity contribution in [3.05, 3.63) is 23.8 Å². The Bertz CT molecular complexity index is 685. The molecule has 1 aromatic carbocycles. The van der Waals surface area contributed by atoms with Crippen molar-refractivity contribution in [3.8, 4) is 23.8 Å². The first-order valence-electron chi connectivity index (χ1n) is 9.36. The number of para-hydroxylation sites is 1. The van der Waals surface area contributed by atoms with Crippen LogP contribution in [0.5, 0.6) is 11.5 Å². The van der Waals surface area contributed by atoms with Gasteiger partial charge in [0.25, 0.3) is 0 Å². The van der Waals surface area contributed by atoms with Gasteiger partial charge in [-0.25, -0.2) is 0 Å². The number of fused-ring (bicyclic) bond motifs is 1. The average molecular weight is 356 g/mol. The summed E-state index contributed by atoms with van der Waals surface area (Å²) in [7, 11) is 0. The highest BCUT2D eigenvalue weighted by atomic mass is 16.5. The Hall–Kier alpha value is -2.19. The minimum absolute atomic E-state index is 0.0779. The van der Waals surface area contributed by atoms with E-state index in [-0.39, 0.29) is 17.4 Å². The lowest BCUT2D eigenvalue weighted by molar-refractivity contribution is -0.126. The van der Waals surface area contributed by atoms with Crippen LogP contribution in [0.1, 0.15) is 32.3 Å². The molecule has 0 unspecified atom stereocenters. The summed E-state index contributed by atoms with van der Waals surface area (Å²) in [5.74, 6) is 4.45. The van der Waals surface area contributed by atoms with Gasteiger partial charge in [0, 0.05) is 17.9 Å². The quantitative estimate of drug-likeness (QED) is 0.627. The number of carbonyl (C=O) groups excluding carboxylic acids is 1. The van der Waals surface area contributed by atoms with E-state index in [2.05, 4.69) is 36.1 Å². The van der Waals surface area contributed by atoms with Crippen LogP contribution < -0.4 is 14.8 Å². The monoisotopic (exact) mass is 356 g/mol. The number of piperidine rings is 1. The smallest absolute Gasteiger partial charge is 0.223 e. The number of likely N-dealkylation sites (tertiary alicyclic amines) is 1. The van der Waals surface area contributed by atoms with Gasteiger partial charge in [-0.3, -0.25) is 9.69 Å². The summed E-state index contributed by atoms with van der Waals surface area (Å²) in [4.78, 5) is 14.5. The number of ether oxygens (including phenoxy) is 2. The highest BCUT2D eigenvalue weighted by Crippen LogP contribution is 2.41. The fourth-order valence-corrected chi connectivity index (χ4v) is 3.66. The molecule has 3 rings (SSSR count). The Morgan fingerprint density at radius 2 is 2.19 bits per heavy atom. The molecule has 1 amide bonds. The maximum atomic E-state index is 12.3. The van der Waals surface area contributed by atoms with E-state index >= 15 is 0 Å². The molecule has 140 valence electrons. The molecule has 1 N–H and O–H groups in total. The zero-order valence-electron chi connectivity index (χ0n) is 15.7. The van der Waals surface area contributed by atoms with Crippen LogP contribution in [-0.2, 0) is 11.2 Å². The first kappa shape index (κ1) is 18.6. The van der Waals surface area contributed by atoms with Gasteiger partial charge in [-0.2, -0.15) is 0 Å². The predicted molar refractivity (Wildman–Crippen MR) is 101 cm³/mol. The van der Waals surface area contributed by atoms with Gasteiger partial charge in [-0.05, 0) is 45.8 Å². The number of carbonyl (C=O) groups is 1. The Morgan fingerprint density at radius 3 is 2.92 bits per heavy atom. The SMILES string of the molecule is C#CCN1CCC(C(=O)NCCOc2cccc3c2OC(C)(C)C3)CC1. The van der Waals surface area contributed by atoms with E-state index in [1.807, 2.05) is 12.1 Å². The lowest BCUT2D eigenvalue weighted by Crippen LogP contribution is -2.41. The molecule has 26 heavy (non-hydrogen) atoms. The van der Waals surface area contributed by atoms with Gasteiger partial charge < -0.3 is 14.8 Å². The van der Waals surface area contributed by atoms with Crippen LogP contribution in [0.25, 0.3) is 0 Å². The molecular formula is C21H28N2O3. The summed E-state index contributed by atoms with van der Waals surface area (Å²) in [6, 6.07) is 5.98. The maximum Gasteiger partial charge on any atom is 0.223 e. The molecule has 1 aromatic rings. The highest BCUT2D eigenvalue weighted by Gasteiger charge is 2.32. The molecule has 0 aromatic heterocycles. The van der Waals surface area contributed by atoms with E-state index in [0.717, 1.165) is 43.9 Å². The van der Waals surface area contributed by atoms with Crippen molar-refractivity contribution >= 4 is 5.91 Å². The molecular weight excluding hydrogens is 328 g/mol. The maximum absolute atomic E-state index is 12.3. The van der Waals surface area contributed by atoms with E-state index in [0.29, 0.717) is 19.7 Å². The number of amides is 1. The molecule has 0 radical (unpaired) electrons. The predicted octanol–water partition coefficient (Wildman–Crippen LogP) is 2.24. The molecule has 1 fully saturated rings. The van der Waals surface area contributed by atoms with E-state index < -0.39 is 0 Å². The molecule has 1 saturated heterocycles. The molecule has 5 nitrogen and oxygen atoms in total. The van der Waals surface area contributed by atoms with E-state index in [4.69, 9.17) is 15.9 Å². The van der Waals surface area contributed by atoms with Crippen LogP contribution >= 0.6 is 0 Å². The van der Waals surface area contributed by atoms with Crippen molar-refractivity contribution in [3.63, 3.8) is 0 Å². The topological polar surface area (TPSA) is 50.8 Å². The Kier molecular flexibility index (Phi) is 5.73. The van der Waals surface area contributed by atoms with Crippen LogP contribution in [-0.4, -0.2) is 49.2 Å². The van der Waals surface area contributed by atoms with Crippen LogP contribution in [0.4, 0.5) is 0 Å². The number of rotatable bonds is 6. The van der Waals surface area contributed by atoms with Crippen molar-refractivity contribution in [2.75, 3.05) is 32.8 Å². The fraction of sp³-hybridized carbons (Fsp3) is 0.571. The zero-order valence-corrected chi connectivity index (χ0v) is 15.7. The van der Waals surface area contributed by atoms with Crippen LogP contribution in [0.2, 0.25) is 0 Å². The Morgan fingerprint density at radius 1 is 1.42 bits per heavy atom. The van der Waals surface area contributed by atoms with Gasteiger partial charge in [0.05, 0.1) is 13.1 Å². The molecule has 0 bridgehead atoms. The second-order valence-electron chi connectivity index (χ2n) is 7.68. The molecule has 2 aliphatic rings. The van der Waals surface area contributed by atoms with Crippen molar-refractivity contribution in [2.24, 2.45) is 5.92 Å². The Balaban J connectivity index is 1.41. The third-order valence-corrected chi connectivity index (χ3v) is 4.99. The summed E-state index contributed by atoms with van der Waals surface area (Å²) in [6.07, 6.45) is 7.95. The number of benzene rings is 1. The van der Waals surface area contributed by atoms with Crippen LogP contribution in [0.15, 0.2) is 18.2 Å². The van der Waals surface area contributed by atoms with Crippen molar-refractivity contribution in [1.29, 1.82) is 0 Å². The van der Waals surface area contributed by atoms with Crippen LogP contribution in [0, 0.1) is 18.3 Å². The lowest BCUT2D eigenvalue weighted by atomic mass is 9.96. The van der Waals surface area contributed by atoms with Crippen molar-refractivity contribution in [2.45, 2.75) is 38.7 Å². The molecule has 0 spiro atoms. The van der Waals surface area contributed by atoms with E-state index in [9.17, 15) is 4.79 Å². The second-order valence-corrected chi connectivity index (χ2v) is 7.68. The molecule has 2 aliphatic heterocycles. The van der Waals surface area contributed by atoms with Gasteiger partial charge in [0.2, 0.25) is 5.91 Å². The molecule has 2 heterocycles. The zero-order chi connectivity index (χ0) is 18.6. The largest absolute Gasteiger partial charge is 0.488 e. The molecule has 0 atom stereocenters. The lowest BCUT2D eigenvalue weighted by Gasteiger charge is -2.29. The highest BCUT2D eigenvalue weighted by molar-refractivity contribution is 5.78. The molecule has 5 heteroatoms. The third-order valence-electron chi connectivity index (χ3n) is 4.99. The number of terminal acetylenes is 1. The van der Waals surface area contributed by atoms with Gasteiger partial charge in [-0.15, -0.1) is 6.42 Å². The summed E-state index contributed by atoms with van der Waals surface area (Å²) < 4.78 is 11.9. The fourth-order valence-electron chi connectivity index (χ4n) is 3.66. The Labute approximate surface area is 156 Å². The number of nitrogens with one attached hydrogen (secondary N) is 1. The van der Waals surface area contributed by atoms with Crippen molar-refractivity contribution in [1.82, 2.24) is 10.2 Å². The molecule has 0 saturated carbocycles. The number of hydrogen-bond acceptors (Lipinski definition) is 4.